The van der Waals surface area contributed by atoms with E-state index in [0.29, 0.717) is 0 Å². The van der Waals surface area contributed by atoms with E-state index in [-0.39, 0.29) is 30.4 Å². The molecule has 0 bridgehead atoms. The van der Waals surface area contributed by atoms with Crippen molar-refractivity contribution in [2.45, 2.75) is 42.3 Å². The van der Waals surface area contributed by atoms with E-state index in [0.717, 1.165) is 59.6 Å². The number of hydrogen-bond donors (Lipinski definition) is 4. The number of hydrogen-bond acceptors (Lipinski definition) is 7. The molecule has 2 aliphatic rings. The molecule has 3 aromatic rings. The molecule has 0 spiro atoms. The number of aliphatic hydroxyl groups is 1. The molecule has 4 atom stereocenters. The Labute approximate surface area is 235 Å². The Balaban J connectivity index is 1.50. The number of alkyl halides is 3. The first kappa shape index (κ1) is 28.9. The molecule has 3 aromatic carbocycles. The molecule has 0 aliphatic carbocycles. The minimum atomic E-state index is -4.90. The van der Waals surface area contributed by atoms with Gasteiger partial charge in [-0.05, 0) is 60.4 Å². The molecule has 13 heteroatoms. The number of halogens is 3. The van der Waals surface area contributed by atoms with Gasteiger partial charge in [0, 0.05) is 24.5 Å². The van der Waals surface area contributed by atoms with Gasteiger partial charge in [0.1, 0.15) is 15.7 Å². The second kappa shape index (κ2) is 11.3. The lowest BCUT2D eigenvalue weighted by atomic mass is 9.94. The molecule has 2 heterocycles. The van der Waals surface area contributed by atoms with Gasteiger partial charge in [-0.1, -0.05) is 36.4 Å². The third-order valence-electron chi connectivity index (χ3n) is 7.36. The molecule has 2 aliphatic heterocycles. The number of benzene rings is 3. The fourth-order valence-corrected chi connectivity index (χ4v) is 6.78. The minimum absolute atomic E-state index is 0.0734. The van der Waals surface area contributed by atoms with E-state index in [1.165, 1.54) is 4.90 Å². The third kappa shape index (κ3) is 6.17. The predicted molar refractivity (Wildman–Crippen MR) is 147 cm³/mol. The fourth-order valence-electron chi connectivity index (χ4n) is 5.48. The lowest BCUT2D eigenvalue weighted by Gasteiger charge is -2.47. The van der Waals surface area contributed by atoms with Crippen molar-refractivity contribution in [1.29, 1.82) is 4.78 Å². The highest BCUT2D eigenvalue weighted by Gasteiger charge is 2.43. The molecule has 1 saturated heterocycles. The number of carbonyl (C=O) groups excluding carboxylic acids is 1. The van der Waals surface area contributed by atoms with E-state index in [4.69, 9.17) is 10.5 Å². The van der Waals surface area contributed by atoms with Crippen molar-refractivity contribution in [3.63, 3.8) is 0 Å². The zero-order valence-corrected chi connectivity index (χ0v) is 22.7. The molecule has 218 valence electrons. The lowest BCUT2D eigenvalue weighted by molar-refractivity contribution is -0.274. The smallest absolute Gasteiger partial charge is 0.406 e. The molecule has 0 radical (unpaired) electrons. The molecule has 0 saturated carbocycles. The number of carbonyl (C=O) groups is 1. The molecular formula is C28H30F3N5O4S. The van der Waals surface area contributed by atoms with E-state index in [1.807, 2.05) is 53.4 Å². The maximum atomic E-state index is 13.5. The summed E-state index contributed by atoms with van der Waals surface area (Å²) in [4.78, 5) is 16.2. The largest absolute Gasteiger partial charge is 0.573 e. The van der Waals surface area contributed by atoms with Crippen LogP contribution in [0.2, 0.25) is 0 Å². The van der Waals surface area contributed by atoms with Crippen LogP contribution >= 0.6 is 0 Å². The van der Waals surface area contributed by atoms with Crippen LogP contribution < -0.4 is 20.1 Å². The number of para-hydroxylation sites is 2. The summed E-state index contributed by atoms with van der Waals surface area (Å²) < 4.78 is 66.3. The summed E-state index contributed by atoms with van der Waals surface area (Å²) in [5.41, 5.74) is 9.55. The number of ether oxygens (including phenoxy) is 1. The van der Waals surface area contributed by atoms with Crippen LogP contribution in [0.25, 0.3) is 0 Å². The van der Waals surface area contributed by atoms with Gasteiger partial charge in [0.2, 0.25) is 5.91 Å². The van der Waals surface area contributed by atoms with Crippen molar-refractivity contribution < 1.29 is 32.0 Å². The topological polar surface area (TPSA) is 132 Å². The van der Waals surface area contributed by atoms with Gasteiger partial charge >= 0.3 is 6.36 Å². The number of aryl methyl sites for hydroxylation is 2. The van der Waals surface area contributed by atoms with E-state index in [9.17, 15) is 27.3 Å². The monoisotopic (exact) mass is 589 g/mol. The van der Waals surface area contributed by atoms with Gasteiger partial charge in [-0.25, -0.2) is 13.7 Å². The van der Waals surface area contributed by atoms with Gasteiger partial charge in [-0.3, -0.25) is 4.79 Å². The number of fused-ring (bicyclic) bond motifs is 2. The van der Waals surface area contributed by atoms with Crippen molar-refractivity contribution in [1.82, 2.24) is 9.62 Å². The quantitative estimate of drug-likeness (QED) is 0.349. The molecule has 0 aromatic heterocycles. The zero-order chi connectivity index (χ0) is 29.4. The Kier molecular flexibility index (Phi) is 7.97. The first-order chi connectivity index (χ1) is 19.5. The summed E-state index contributed by atoms with van der Waals surface area (Å²) in [5, 5.41) is 11.8. The first-order valence-corrected chi connectivity index (χ1v) is 14.6. The Morgan fingerprint density at radius 1 is 1.00 bits per heavy atom. The van der Waals surface area contributed by atoms with E-state index >= 15 is 0 Å². The van der Waals surface area contributed by atoms with Crippen LogP contribution in [0.15, 0.2) is 77.7 Å². The SMILES string of the molecule is N=S(=O)(NC1CN(C(=O)CN)CC(N2c3ccccc3CCc3ccccc32)C1O)c1ccc(OC(F)(F)F)cc1. The lowest BCUT2D eigenvalue weighted by Crippen LogP contribution is -2.66. The van der Waals surface area contributed by atoms with Gasteiger partial charge in [0.15, 0.2) is 0 Å². The molecule has 41 heavy (non-hydrogen) atoms. The van der Waals surface area contributed by atoms with Crippen molar-refractivity contribution in [3.8, 4) is 5.75 Å². The number of amides is 1. The average Bonchev–Trinajstić information content (AvgIpc) is 3.10. The maximum Gasteiger partial charge on any atom is 0.573 e. The standard InChI is InChI=1S/C28H30F3N5O4S/c29-28(30,31)40-20-11-13-21(14-12-20)41(33,39)34-22-16-35(26(37)15-32)17-25(27(22)38)36-23-7-3-1-5-18(23)9-10-19-6-2-4-8-24(19)36/h1-8,11-14,22,25,27,38H,9-10,15-17,32H2,(H2,33,34,39). The molecule has 1 fully saturated rings. The number of rotatable bonds is 6. The van der Waals surface area contributed by atoms with Crippen LogP contribution in [-0.4, -0.2) is 64.3 Å². The normalized spacial score (nSPS) is 22.2. The van der Waals surface area contributed by atoms with Crippen LogP contribution in [0.1, 0.15) is 11.1 Å². The van der Waals surface area contributed by atoms with Gasteiger partial charge < -0.3 is 25.4 Å². The van der Waals surface area contributed by atoms with E-state index < -0.39 is 40.2 Å². The maximum absolute atomic E-state index is 13.5. The van der Waals surface area contributed by atoms with Gasteiger partial charge in [-0.2, -0.15) is 0 Å². The number of likely N-dealkylation sites (tertiary alicyclic amines) is 1. The van der Waals surface area contributed by atoms with Crippen LogP contribution in [0.5, 0.6) is 5.75 Å². The fraction of sp³-hybridized carbons (Fsp3) is 0.321. The summed E-state index contributed by atoms with van der Waals surface area (Å²) in [6.07, 6.45) is -4.55. The summed E-state index contributed by atoms with van der Waals surface area (Å²) in [6.45, 7) is -0.226. The average molecular weight is 590 g/mol. The number of piperidine rings is 1. The number of nitrogens with zero attached hydrogens (tertiary/aromatic N) is 2. The van der Waals surface area contributed by atoms with Crippen molar-refractivity contribution in [3.05, 3.63) is 83.9 Å². The zero-order valence-electron chi connectivity index (χ0n) is 21.9. The predicted octanol–water partition coefficient (Wildman–Crippen LogP) is 3.33. The minimum Gasteiger partial charge on any atom is -0.406 e. The molecule has 5 rings (SSSR count). The van der Waals surface area contributed by atoms with Gasteiger partial charge in [0.25, 0.3) is 0 Å². The summed E-state index contributed by atoms with van der Waals surface area (Å²) in [5.74, 6) is -0.900. The van der Waals surface area contributed by atoms with Crippen LogP contribution in [0, 0.1) is 4.78 Å². The van der Waals surface area contributed by atoms with Crippen molar-refractivity contribution in [2.75, 3.05) is 24.5 Å². The number of anilines is 2. The first-order valence-electron chi connectivity index (χ1n) is 13.0. The molecule has 9 nitrogen and oxygen atoms in total. The second-order valence-corrected chi connectivity index (χ2v) is 11.8. The number of aliphatic hydroxyl groups excluding tert-OH is 1. The highest BCUT2D eigenvalue weighted by Crippen LogP contribution is 2.39. The van der Waals surface area contributed by atoms with Crippen molar-refractivity contribution in [2.24, 2.45) is 5.73 Å². The molecule has 5 N–H and O–H groups in total. The Hall–Kier alpha value is -3.65. The van der Waals surface area contributed by atoms with Crippen LogP contribution in [0.3, 0.4) is 0 Å². The Morgan fingerprint density at radius 3 is 2.10 bits per heavy atom. The van der Waals surface area contributed by atoms with Crippen molar-refractivity contribution >= 4 is 27.2 Å². The highest BCUT2D eigenvalue weighted by molar-refractivity contribution is 7.90. The number of nitrogens with one attached hydrogen (secondary N) is 2. The third-order valence-corrected chi connectivity index (χ3v) is 8.93. The molecule has 1 amide bonds. The van der Waals surface area contributed by atoms with E-state index in [2.05, 4.69) is 9.46 Å². The summed E-state index contributed by atoms with van der Waals surface area (Å²) >= 11 is 0. The summed E-state index contributed by atoms with van der Waals surface area (Å²) in [7, 11) is -3.83. The Bertz CT molecular complexity index is 1470. The number of nitrogens with two attached hydrogens (primary N) is 1. The molecular weight excluding hydrogens is 559 g/mol. The Morgan fingerprint density at radius 2 is 1.56 bits per heavy atom. The van der Waals surface area contributed by atoms with Gasteiger partial charge in [0.05, 0.1) is 29.6 Å². The second-order valence-electron chi connectivity index (χ2n) is 9.99. The van der Waals surface area contributed by atoms with Gasteiger partial charge in [-0.15, -0.1) is 13.2 Å². The van der Waals surface area contributed by atoms with E-state index in [1.54, 1.807) is 0 Å². The summed E-state index contributed by atoms with van der Waals surface area (Å²) in [6, 6.07) is 18.0. The highest BCUT2D eigenvalue weighted by atomic mass is 32.2. The van der Waals surface area contributed by atoms with Crippen LogP contribution in [0.4, 0.5) is 24.5 Å². The van der Waals surface area contributed by atoms with Crippen LogP contribution in [-0.2, 0) is 27.6 Å². The molecule has 4 unspecified atom stereocenters.